The molecule has 2 heterocycles. The van der Waals surface area contributed by atoms with Crippen molar-refractivity contribution in [1.82, 2.24) is 14.7 Å². The lowest BCUT2D eigenvalue weighted by Crippen LogP contribution is -2.30. The number of amides is 1. The summed E-state index contributed by atoms with van der Waals surface area (Å²) in [5, 5.41) is 13.7. The van der Waals surface area contributed by atoms with Crippen molar-refractivity contribution in [3.8, 4) is 22.7 Å². The molecule has 168 valence electrons. The molecule has 2 aromatic carbocycles. The third kappa shape index (κ3) is 5.15. The monoisotopic (exact) mass is 479 g/mol. The molecule has 0 atom stereocenters. The zero-order valence-electron chi connectivity index (χ0n) is 17.8. The number of carbonyl (C=O) groups excluding carboxylic acids is 1. The second kappa shape index (κ2) is 10.0. The molecule has 0 aliphatic carbocycles. The van der Waals surface area contributed by atoms with E-state index in [0.29, 0.717) is 21.5 Å². The summed E-state index contributed by atoms with van der Waals surface area (Å²) in [7, 11) is 0. The van der Waals surface area contributed by atoms with Gasteiger partial charge in [0.15, 0.2) is 0 Å². The van der Waals surface area contributed by atoms with E-state index in [-0.39, 0.29) is 18.9 Å². The summed E-state index contributed by atoms with van der Waals surface area (Å²) in [5.74, 6) is -0.545. The number of hydrogen-bond acceptors (Lipinski definition) is 6. The normalized spacial score (nSPS) is 14.8. The van der Waals surface area contributed by atoms with E-state index in [1.807, 2.05) is 67.7 Å². The van der Waals surface area contributed by atoms with Crippen molar-refractivity contribution in [2.24, 2.45) is 0 Å². The molecule has 1 aromatic heterocycles. The molecule has 1 amide bonds. The predicted octanol–water partition coefficient (Wildman–Crippen LogP) is 4.61. The first-order valence-corrected chi connectivity index (χ1v) is 11.5. The second-order valence-electron chi connectivity index (χ2n) is 7.15. The highest BCUT2D eigenvalue weighted by atomic mass is 32.2. The Bertz CT molecular complexity index is 1240. The summed E-state index contributed by atoms with van der Waals surface area (Å²) >= 11 is 6.48. The number of aliphatic carboxylic acids is 1. The van der Waals surface area contributed by atoms with Gasteiger partial charge >= 0.3 is 5.97 Å². The number of carbonyl (C=O) groups is 2. The molecule has 33 heavy (non-hydrogen) atoms. The first-order valence-electron chi connectivity index (χ1n) is 10.3. The Morgan fingerprint density at radius 3 is 2.73 bits per heavy atom. The molecule has 0 unspecified atom stereocenters. The van der Waals surface area contributed by atoms with Crippen LogP contribution in [0.25, 0.3) is 23.0 Å². The van der Waals surface area contributed by atoms with Crippen molar-refractivity contribution in [2.75, 3.05) is 13.2 Å². The maximum atomic E-state index is 12.9. The number of aromatic nitrogens is 2. The molecule has 0 bridgehead atoms. The van der Waals surface area contributed by atoms with Crippen LogP contribution in [0, 0.1) is 0 Å². The zero-order valence-corrected chi connectivity index (χ0v) is 19.4. The average Bonchev–Trinajstić information content (AvgIpc) is 3.34. The predicted molar refractivity (Wildman–Crippen MR) is 132 cm³/mol. The standard InChI is InChI=1S/C24H21N3O4S2/c1-2-31-19-10-6-7-16(13-19)22-17(15-27(25-22)18-8-4-3-5-9-18)14-20-23(30)26(24(32)33-20)12-11-21(28)29/h3-10,13-15H,2,11-12H2,1H3,(H,28,29). The van der Waals surface area contributed by atoms with Gasteiger partial charge in [0.2, 0.25) is 0 Å². The van der Waals surface area contributed by atoms with E-state index < -0.39 is 5.97 Å². The maximum absolute atomic E-state index is 12.9. The number of para-hydroxylation sites is 1. The van der Waals surface area contributed by atoms with Crippen LogP contribution >= 0.6 is 24.0 Å². The van der Waals surface area contributed by atoms with Crippen LogP contribution in [0.5, 0.6) is 5.75 Å². The SMILES string of the molecule is CCOc1cccc(-c2nn(-c3ccccc3)cc2C=C2SC(=S)N(CCC(=O)O)C2=O)c1. The Morgan fingerprint density at radius 2 is 2.00 bits per heavy atom. The van der Waals surface area contributed by atoms with Gasteiger partial charge in [0, 0.05) is 23.9 Å². The third-order valence-corrected chi connectivity index (χ3v) is 6.27. The minimum atomic E-state index is -0.978. The molecule has 1 fully saturated rings. The van der Waals surface area contributed by atoms with E-state index in [2.05, 4.69) is 0 Å². The lowest BCUT2D eigenvalue weighted by Gasteiger charge is -2.12. The third-order valence-electron chi connectivity index (χ3n) is 4.89. The van der Waals surface area contributed by atoms with Gasteiger partial charge in [-0.2, -0.15) is 5.10 Å². The van der Waals surface area contributed by atoms with Gasteiger partial charge < -0.3 is 9.84 Å². The fourth-order valence-corrected chi connectivity index (χ4v) is 4.67. The summed E-state index contributed by atoms with van der Waals surface area (Å²) in [6, 6.07) is 17.3. The summed E-state index contributed by atoms with van der Waals surface area (Å²) in [4.78, 5) is 25.6. The van der Waals surface area contributed by atoms with Gasteiger partial charge in [-0.05, 0) is 37.3 Å². The highest BCUT2D eigenvalue weighted by molar-refractivity contribution is 8.26. The number of hydrogen-bond donors (Lipinski definition) is 1. The molecular formula is C24H21N3O4S2. The highest BCUT2D eigenvalue weighted by Gasteiger charge is 2.32. The van der Waals surface area contributed by atoms with Crippen molar-refractivity contribution >= 4 is 46.3 Å². The first-order chi connectivity index (χ1) is 16.0. The summed E-state index contributed by atoms with van der Waals surface area (Å²) in [6.07, 6.45) is 3.46. The summed E-state index contributed by atoms with van der Waals surface area (Å²) < 4.78 is 7.76. The molecule has 1 aliphatic rings. The molecule has 0 radical (unpaired) electrons. The molecule has 1 N–H and O–H groups in total. The van der Waals surface area contributed by atoms with Crippen molar-refractivity contribution in [2.45, 2.75) is 13.3 Å². The van der Waals surface area contributed by atoms with Gasteiger partial charge in [0.1, 0.15) is 15.8 Å². The minimum Gasteiger partial charge on any atom is -0.494 e. The van der Waals surface area contributed by atoms with Gasteiger partial charge in [-0.25, -0.2) is 4.68 Å². The van der Waals surface area contributed by atoms with Crippen LogP contribution in [-0.2, 0) is 9.59 Å². The van der Waals surface area contributed by atoms with Crippen LogP contribution in [0.4, 0.5) is 0 Å². The van der Waals surface area contributed by atoms with E-state index in [4.69, 9.17) is 27.2 Å². The van der Waals surface area contributed by atoms with Crippen molar-refractivity contribution in [3.63, 3.8) is 0 Å². The molecule has 4 rings (SSSR count). The summed E-state index contributed by atoms with van der Waals surface area (Å²) in [6.45, 7) is 2.52. The maximum Gasteiger partial charge on any atom is 0.305 e. The van der Waals surface area contributed by atoms with Crippen molar-refractivity contribution < 1.29 is 19.4 Å². The minimum absolute atomic E-state index is 0.0455. The second-order valence-corrected chi connectivity index (χ2v) is 8.83. The molecule has 7 nitrogen and oxygen atoms in total. The molecule has 1 aliphatic heterocycles. The van der Waals surface area contributed by atoms with E-state index in [1.54, 1.807) is 10.8 Å². The number of thioether (sulfide) groups is 1. The highest BCUT2D eigenvalue weighted by Crippen LogP contribution is 2.35. The van der Waals surface area contributed by atoms with Crippen molar-refractivity contribution in [3.05, 3.63) is 71.3 Å². The molecule has 0 saturated carbocycles. The molecule has 3 aromatic rings. The smallest absolute Gasteiger partial charge is 0.305 e. The fraction of sp³-hybridized carbons (Fsp3) is 0.167. The molecular weight excluding hydrogens is 458 g/mol. The lowest BCUT2D eigenvalue weighted by molar-refractivity contribution is -0.137. The topological polar surface area (TPSA) is 84.7 Å². The Kier molecular flexibility index (Phi) is 6.90. The van der Waals surface area contributed by atoms with Gasteiger partial charge in [-0.1, -0.05) is 54.3 Å². The Labute approximate surface area is 200 Å². The van der Waals surface area contributed by atoms with Crippen LogP contribution in [0.3, 0.4) is 0 Å². The van der Waals surface area contributed by atoms with Gasteiger partial charge in [0.25, 0.3) is 5.91 Å². The Balaban J connectivity index is 1.75. The summed E-state index contributed by atoms with van der Waals surface area (Å²) in [5.41, 5.74) is 3.17. The molecule has 9 heteroatoms. The van der Waals surface area contributed by atoms with Gasteiger partial charge in [0.05, 0.1) is 23.6 Å². The first kappa shape index (κ1) is 22.8. The lowest BCUT2D eigenvalue weighted by atomic mass is 10.1. The number of rotatable bonds is 8. The number of carboxylic acids is 1. The van der Waals surface area contributed by atoms with E-state index in [1.165, 1.54) is 4.90 Å². The molecule has 0 spiro atoms. The Hall–Kier alpha value is -3.43. The Morgan fingerprint density at radius 1 is 1.21 bits per heavy atom. The van der Waals surface area contributed by atoms with Crippen LogP contribution < -0.4 is 4.74 Å². The number of benzene rings is 2. The van der Waals surface area contributed by atoms with Crippen LogP contribution in [0.2, 0.25) is 0 Å². The van der Waals surface area contributed by atoms with E-state index in [9.17, 15) is 9.59 Å². The van der Waals surface area contributed by atoms with Crippen LogP contribution in [0.1, 0.15) is 18.9 Å². The van der Waals surface area contributed by atoms with E-state index >= 15 is 0 Å². The number of nitrogens with zero attached hydrogens (tertiary/aromatic N) is 3. The largest absolute Gasteiger partial charge is 0.494 e. The quantitative estimate of drug-likeness (QED) is 0.373. The fourth-order valence-electron chi connectivity index (χ4n) is 3.37. The number of ether oxygens (including phenoxy) is 1. The average molecular weight is 480 g/mol. The van der Waals surface area contributed by atoms with Gasteiger partial charge in [-0.15, -0.1) is 0 Å². The van der Waals surface area contributed by atoms with Crippen LogP contribution in [0.15, 0.2) is 65.7 Å². The van der Waals surface area contributed by atoms with Crippen molar-refractivity contribution in [1.29, 1.82) is 0 Å². The van der Waals surface area contributed by atoms with Gasteiger partial charge in [-0.3, -0.25) is 14.5 Å². The number of thiocarbonyl (C=S) groups is 1. The molecule has 1 saturated heterocycles. The van der Waals surface area contributed by atoms with E-state index in [0.717, 1.165) is 34.3 Å². The zero-order chi connectivity index (χ0) is 23.4. The van der Waals surface area contributed by atoms with Crippen LogP contribution in [-0.4, -0.2) is 49.1 Å². The number of carboxylic acid groups (broad SMARTS) is 1.